The van der Waals surface area contributed by atoms with E-state index in [1.54, 1.807) is 0 Å². The molecule has 0 spiro atoms. The monoisotopic (exact) mass is 306 g/mol. The number of nitrogens with zero attached hydrogens (tertiary/aromatic N) is 4. The second-order valence-electron chi connectivity index (χ2n) is 6.32. The van der Waals surface area contributed by atoms with Gasteiger partial charge in [-0.1, -0.05) is 6.92 Å². The lowest BCUT2D eigenvalue weighted by atomic mass is 9.98. The highest BCUT2D eigenvalue weighted by Crippen LogP contribution is 2.17. The van der Waals surface area contributed by atoms with E-state index in [1.807, 2.05) is 31.0 Å². The minimum Gasteiger partial charge on any atom is -0.355 e. The van der Waals surface area contributed by atoms with Gasteiger partial charge in [0.1, 0.15) is 0 Å². The first kappa shape index (κ1) is 16.8. The van der Waals surface area contributed by atoms with E-state index in [0.717, 1.165) is 30.7 Å². The number of nitrogens with one attached hydrogen (secondary N) is 2. The van der Waals surface area contributed by atoms with Gasteiger partial charge in [0.2, 0.25) is 0 Å². The third-order valence-corrected chi connectivity index (χ3v) is 4.59. The van der Waals surface area contributed by atoms with Gasteiger partial charge in [-0.2, -0.15) is 5.10 Å². The summed E-state index contributed by atoms with van der Waals surface area (Å²) in [5, 5.41) is 10.9. The van der Waals surface area contributed by atoms with Gasteiger partial charge in [0.15, 0.2) is 5.96 Å². The van der Waals surface area contributed by atoms with Gasteiger partial charge < -0.3 is 10.6 Å². The quantitative estimate of drug-likeness (QED) is 0.634. The number of aliphatic imine (C=N–C) groups is 1. The molecule has 1 atom stereocenters. The van der Waals surface area contributed by atoms with Gasteiger partial charge in [0, 0.05) is 32.9 Å². The molecule has 6 nitrogen and oxygen atoms in total. The summed E-state index contributed by atoms with van der Waals surface area (Å²) in [7, 11) is 3.76. The van der Waals surface area contributed by atoms with Gasteiger partial charge in [0.25, 0.3) is 0 Å². The standard InChI is InChI=1S/C16H30N6/c1-13-6-9-22(10-7-13)14(2)11-18-16(17-3)19-12-15-5-8-20-21(15)4/h5,8,13-14H,6-7,9-12H2,1-4H3,(H2,17,18,19). The lowest BCUT2D eigenvalue weighted by Gasteiger charge is -2.35. The lowest BCUT2D eigenvalue weighted by Crippen LogP contribution is -2.48. The average molecular weight is 306 g/mol. The zero-order valence-corrected chi connectivity index (χ0v) is 14.3. The maximum absolute atomic E-state index is 4.29. The van der Waals surface area contributed by atoms with Crippen LogP contribution in [0.3, 0.4) is 0 Å². The third kappa shape index (κ3) is 4.73. The Kier molecular flexibility index (Phi) is 6.24. The Labute approximate surface area is 134 Å². The van der Waals surface area contributed by atoms with Crippen molar-refractivity contribution in [3.63, 3.8) is 0 Å². The number of aromatic nitrogens is 2. The molecule has 1 unspecified atom stereocenters. The maximum Gasteiger partial charge on any atom is 0.191 e. The minimum absolute atomic E-state index is 0.530. The highest BCUT2D eigenvalue weighted by atomic mass is 15.3. The molecule has 1 aliphatic heterocycles. The van der Waals surface area contributed by atoms with Crippen LogP contribution in [0.1, 0.15) is 32.4 Å². The number of hydrogen-bond acceptors (Lipinski definition) is 3. The Morgan fingerprint density at radius 1 is 1.41 bits per heavy atom. The number of piperidine rings is 1. The SMILES string of the molecule is CN=C(NCc1ccnn1C)NCC(C)N1CCC(C)CC1. The van der Waals surface area contributed by atoms with Crippen molar-refractivity contribution in [2.75, 3.05) is 26.7 Å². The van der Waals surface area contributed by atoms with Crippen LogP contribution in [0, 0.1) is 5.92 Å². The zero-order valence-electron chi connectivity index (χ0n) is 14.3. The van der Waals surface area contributed by atoms with Crippen molar-refractivity contribution in [3.05, 3.63) is 18.0 Å². The van der Waals surface area contributed by atoms with Crippen molar-refractivity contribution in [1.29, 1.82) is 0 Å². The van der Waals surface area contributed by atoms with Crippen LogP contribution in [0.5, 0.6) is 0 Å². The van der Waals surface area contributed by atoms with Crippen molar-refractivity contribution in [2.45, 2.75) is 39.3 Å². The van der Waals surface area contributed by atoms with Crippen LogP contribution >= 0.6 is 0 Å². The van der Waals surface area contributed by atoms with Crippen molar-refractivity contribution < 1.29 is 0 Å². The van der Waals surface area contributed by atoms with Crippen LogP contribution in [-0.4, -0.2) is 53.4 Å². The fourth-order valence-electron chi connectivity index (χ4n) is 2.81. The summed E-state index contributed by atoms with van der Waals surface area (Å²) in [6.45, 7) is 8.71. The highest BCUT2D eigenvalue weighted by molar-refractivity contribution is 5.79. The molecule has 6 heteroatoms. The Morgan fingerprint density at radius 2 is 2.14 bits per heavy atom. The van der Waals surface area contributed by atoms with Crippen molar-refractivity contribution in [1.82, 2.24) is 25.3 Å². The zero-order chi connectivity index (χ0) is 15.9. The van der Waals surface area contributed by atoms with Crippen molar-refractivity contribution >= 4 is 5.96 Å². The van der Waals surface area contributed by atoms with E-state index in [4.69, 9.17) is 0 Å². The molecule has 2 N–H and O–H groups in total. The molecular weight excluding hydrogens is 276 g/mol. The van der Waals surface area contributed by atoms with E-state index in [2.05, 4.69) is 39.5 Å². The summed E-state index contributed by atoms with van der Waals surface area (Å²) >= 11 is 0. The van der Waals surface area contributed by atoms with E-state index >= 15 is 0 Å². The van der Waals surface area contributed by atoms with Crippen LogP contribution in [0.25, 0.3) is 0 Å². The molecule has 22 heavy (non-hydrogen) atoms. The summed E-state index contributed by atoms with van der Waals surface area (Å²) in [5.41, 5.74) is 1.14. The number of hydrogen-bond donors (Lipinski definition) is 2. The maximum atomic E-state index is 4.29. The first-order valence-corrected chi connectivity index (χ1v) is 8.25. The van der Waals surface area contributed by atoms with E-state index in [1.165, 1.54) is 25.9 Å². The van der Waals surface area contributed by atoms with Gasteiger partial charge >= 0.3 is 0 Å². The molecule has 2 heterocycles. The Balaban J connectivity index is 1.73. The molecule has 1 aromatic heterocycles. The molecule has 0 aliphatic carbocycles. The Bertz CT molecular complexity index is 473. The summed E-state index contributed by atoms with van der Waals surface area (Å²) < 4.78 is 1.87. The van der Waals surface area contributed by atoms with Crippen LogP contribution in [-0.2, 0) is 13.6 Å². The van der Waals surface area contributed by atoms with Crippen LogP contribution < -0.4 is 10.6 Å². The fourth-order valence-corrected chi connectivity index (χ4v) is 2.81. The molecule has 0 bridgehead atoms. The number of likely N-dealkylation sites (tertiary alicyclic amines) is 1. The Hall–Kier alpha value is -1.56. The smallest absolute Gasteiger partial charge is 0.191 e. The average Bonchev–Trinajstić information content (AvgIpc) is 2.93. The minimum atomic E-state index is 0.530. The van der Waals surface area contributed by atoms with Gasteiger partial charge in [0.05, 0.1) is 12.2 Å². The van der Waals surface area contributed by atoms with E-state index < -0.39 is 0 Å². The van der Waals surface area contributed by atoms with Crippen LogP contribution in [0.4, 0.5) is 0 Å². The van der Waals surface area contributed by atoms with E-state index in [-0.39, 0.29) is 0 Å². The predicted molar refractivity (Wildman–Crippen MR) is 90.8 cm³/mol. The van der Waals surface area contributed by atoms with Gasteiger partial charge in [-0.3, -0.25) is 14.6 Å². The molecule has 1 fully saturated rings. The molecular formula is C16H30N6. The normalized spacial score (nSPS) is 19.2. The molecule has 0 radical (unpaired) electrons. The van der Waals surface area contributed by atoms with E-state index in [0.29, 0.717) is 6.04 Å². The summed E-state index contributed by atoms with van der Waals surface area (Å²) in [5.74, 6) is 1.73. The summed E-state index contributed by atoms with van der Waals surface area (Å²) in [6.07, 6.45) is 4.45. The van der Waals surface area contributed by atoms with Gasteiger partial charge in [-0.25, -0.2) is 0 Å². The predicted octanol–water partition coefficient (Wildman–Crippen LogP) is 1.21. The molecule has 0 amide bonds. The topological polar surface area (TPSA) is 57.5 Å². The van der Waals surface area contributed by atoms with Gasteiger partial charge in [-0.15, -0.1) is 0 Å². The highest BCUT2D eigenvalue weighted by Gasteiger charge is 2.20. The van der Waals surface area contributed by atoms with Crippen molar-refractivity contribution in [3.8, 4) is 0 Å². The molecule has 0 aromatic carbocycles. The van der Waals surface area contributed by atoms with Gasteiger partial charge in [-0.05, 0) is 44.8 Å². The summed E-state index contributed by atoms with van der Waals surface area (Å²) in [4.78, 5) is 6.86. The second kappa shape index (κ2) is 8.17. The molecule has 124 valence electrons. The van der Waals surface area contributed by atoms with Crippen LogP contribution in [0.2, 0.25) is 0 Å². The molecule has 1 saturated heterocycles. The molecule has 0 saturated carbocycles. The number of aryl methyl sites for hydroxylation is 1. The number of guanidine groups is 1. The fraction of sp³-hybridized carbons (Fsp3) is 0.750. The first-order chi connectivity index (χ1) is 10.6. The lowest BCUT2D eigenvalue weighted by molar-refractivity contribution is 0.147. The molecule has 1 aromatic rings. The molecule has 1 aliphatic rings. The second-order valence-corrected chi connectivity index (χ2v) is 6.32. The van der Waals surface area contributed by atoms with E-state index in [9.17, 15) is 0 Å². The third-order valence-electron chi connectivity index (χ3n) is 4.59. The first-order valence-electron chi connectivity index (χ1n) is 8.25. The largest absolute Gasteiger partial charge is 0.355 e. The summed E-state index contributed by atoms with van der Waals surface area (Å²) in [6, 6.07) is 2.54. The molecule has 2 rings (SSSR count). The van der Waals surface area contributed by atoms with Crippen molar-refractivity contribution in [2.24, 2.45) is 18.0 Å². The van der Waals surface area contributed by atoms with Crippen LogP contribution in [0.15, 0.2) is 17.3 Å². The Morgan fingerprint density at radius 3 is 2.73 bits per heavy atom. The number of rotatable bonds is 5.